The average Bonchev–Trinajstić information content (AvgIpc) is 2.14. The molecule has 0 aliphatic rings. The van der Waals surface area contributed by atoms with Crippen LogP contribution in [0.25, 0.3) is 0 Å². The van der Waals surface area contributed by atoms with Gasteiger partial charge in [-0.3, -0.25) is 12.6 Å². The second-order valence-corrected chi connectivity index (χ2v) is 4.84. The van der Waals surface area contributed by atoms with Gasteiger partial charge in [-0.2, -0.15) is 39.5 Å². The van der Waals surface area contributed by atoms with Gasteiger partial charge in [-0.15, -0.1) is 0 Å². The van der Waals surface area contributed by atoms with Crippen molar-refractivity contribution in [3.63, 3.8) is 0 Å². The predicted molar refractivity (Wildman–Crippen MR) is 50.7 cm³/mol. The largest absolute Gasteiger partial charge is 3.00 e. The minimum atomic E-state index is -5.08. The number of halogens is 9. The fourth-order valence-electron chi connectivity index (χ4n) is 0. The molecule has 0 heterocycles. The normalized spacial score (nSPS) is 15.8. The van der Waals surface area contributed by atoms with E-state index in [-0.39, 0.29) is 17.4 Å². The molecule has 0 saturated carbocycles. The Kier molecular flexibility index (Phi) is 16.1. The molecule has 0 bridgehead atoms. The second-order valence-electron chi connectivity index (χ2n) is 2.04. The smallest absolute Gasteiger partial charge is 0.766 e. The maximum Gasteiger partial charge on any atom is 3.00 e. The standard InChI is InChI=1S/3CHF3O2S.Al/c3*2-1(3,4)7(5)6;/h3*(H,5,6);/q;;;+3/p-3. The van der Waals surface area contributed by atoms with Crippen LogP contribution in [0.5, 0.6) is 0 Å². The zero-order chi connectivity index (χ0) is 18.2. The van der Waals surface area contributed by atoms with Crippen molar-refractivity contribution in [2.45, 2.75) is 16.5 Å². The zero-order valence-corrected chi connectivity index (χ0v) is 12.8. The van der Waals surface area contributed by atoms with Crippen molar-refractivity contribution in [3.8, 4) is 0 Å². The van der Waals surface area contributed by atoms with Gasteiger partial charge in [-0.05, 0) is 0 Å². The molecular formula is C3AlF9O6S3. The first-order chi connectivity index (χ1) is 8.83. The van der Waals surface area contributed by atoms with Gasteiger partial charge in [0, 0.05) is 0 Å². The molecule has 0 aromatic carbocycles. The van der Waals surface area contributed by atoms with Crippen LogP contribution in [0.1, 0.15) is 0 Å². The third-order valence-corrected chi connectivity index (χ3v) is 1.70. The third kappa shape index (κ3) is 22.5. The first-order valence-electron chi connectivity index (χ1n) is 3.31. The molecular weight excluding hydrogens is 426 g/mol. The van der Waals surface area contributed by atoms with E-state index in [9.17, 15) is 39.5 Å². The van der Waals surface area contributed by atoms with Crippen LogP contribution in [-0.2, 0) is 33.2 Å². The molecule has 0 aromatic heterocycles. The molecule has 0 aliphatic carbocycles. The Bertz CT molecular complexity index is 319. The summed E-state index contributed by atoms with van der Waals surface area (Å²) in [7, 11) is 0. The van der Waals surface area contributed by atoms with Gasteiger partial charge in [0.25, 0.3) is 0 Å². The zero-order valence-electron chi connectivity index (χ0n) is 9.15. The molecule has 6 nitrogen and oxygen atoms in total. The van der Waals surface area contributed by atoms with Gasteiger partial charge in [0.15, 0.2) is 0 Å². The van der Waals surface area contributed by atoms with Crippen LogP contribution >= 0.6 is 0 Å². The van der Waals surface area contributed by atoms with Crippen molar-refractivity contribution in [2.75, 3.05) is 0 Å². The summed E-state index contributed by atoms with van der Waals surface area (Å²) < 4.78 is 148. The summed E-state index contributed by atoms with van der Waals surface area (Å²) in [5.41, 5.74) is -15.2. The maximum atomic E-state index is 10.6. The van der Waals surface area contributed by atoms with E-state index >= 15 is 0 Å². The van der Waals surface area contributed by atoms with Crippen LogP contribution < -0.4 is 0 Å². The van der Waals surface area contributed by atoms with E-state index in [0.717, 1.165) is 0 Å². The van der Waals surface area contributed by atoms with Crippen molar-refractivity contribution in [1.82, 2.24) is 0 Å². The molecule has 132 valence electrons. The van der Waals surface area contributed by atoms with Crippen molar-refractivity contribution in [1.29, 1.82) is 0 Å². The monoisotopic (exact) mass is 426 g/mol. The Hall–Kier alpha value is 0.232. The van der Waals surface area contributed by atoms with Crippen LogP contribution in [0.4, 0.5) is 39.5 Å². The molecule has 3 unspecified atom stereocenters. The quantitative estimate of drug-likeness (QED) is 0.321. The Labute approximate surface area is 133 Å². The summed E-state index contributed by atoms with van der Waals surface area (Å²) in [6, 6.07) is 0. The van der Waals surface area contributed by atoms with Gasteiger partial charge in [0.05, 0.1) is 33.2 Å². The summed E-state index contributed by atoms with van der Waals surface area (Å²) in [5.74, 6) is 0. The van der Waals surface area contributed by atoms with Crippen molar-refractivity contribution in [2.24, 2.45) is 0 Å². The molecule has 0 rings (SSSR count). The van der Waals surface area contributed by atoms with Gasteiger partial charge in [-0.25, -0.2) is 0 Å². The van der Waals surface area contributed by atoms with Gasteiger partial charge >= 0.3 is 33.9 Å². The van der Waals surface area contributed by atoms with Crippen LogP contribution in [0, 0.1) is 0 Å². The number of hydrogen-bond donors (Lipinski definition) is 0. The fraction of sp³-hybridized carbons (Fsp3) is 1.00. The van der Waals surface area contributed by atoms with Gasteiger partial charge in [0.2, 0.25) is 0 Å². The van der Waals surface area contributed by atoms with E-state index in [0.29, 0.717) is 0 Å². The van der Waals surface area contributed by atoms with E-state index in [2.05, 4.69) is 0 Å². The van der Waals surface area contributed by atoms with E-state index in [1.807, 2.05) is 0 Å². The van der Waals surface area contributed by atoms with E-state index in [1.165, 1.54) is 0 Å². The first-order valence-corrected chi connectivity index (χ1v) is 6.54. The predicted octanol–water partition coefficient (Wildman–Crippen LogP) is 0.775. The molecule has 3 atom stereocenters. The van der Waals surface area contributed by atoms with Crippen molar-refractivity contribution in [3.05, 3.63) is 0 Å². The summed E-state index contributed by atoms with van der Waals surface area (Å²) >= 11 is -11.8. The summed E-state index contributed by atoms with van der Waals surface area (Å²) in [5, 5.41) is 0. The van der Waals surface area contributed by atoms with Crippen LogP contribution in [0.3, 0.4) is 0 Å². The Balaban J connectivity index is -0.000000108. The van der Waals surface area contributed by atoms with E-state index in [1.54, 1.807) is 0 Å². The number of hydrogen-bond acceptors (Lipinski definition) is 6. The summed E-state index contributed by atoms with van der Waals surface area (Å²) in [4.78, 5) is 0. The van der Waals surface area contributed by atoms with Crippen LogP contribution in [-0.4, -0.2) is 60.2 Å². The molecule has 0 amide bonds. The van der Waals surface area contributed by atoms with E-state index < -0.39 is 49.8 Å². The third-order valence-electron chi connectivity index (χ3n) is 0.567. The van der Waals surface area contributed by atoms with Crippen molar-refractivity contribution < 1.29 is 65.8 Å². The molecule has 0 aliphatic heterocycles. The second kappa shape index (κ2) is 11.7. The first kappa shape index (κ1) is 30.2. The van der Waals surface area contributed by atoms with Crippen LogP contribution in [0.2, 0.25) is 0 Å². The minimum Gasteiger partial charge on any atom is -0.766 e. The Morgan fingerprint density at radius 1 is 0.500 bits per heavy atom. The molecule has 0 fully saturated rings. The topological polar surface area (TPSA) is 120 Å². The van der Waals surface area contributed by atoms with Gasteiger partial charge < -0.3 is 13.7 Å². The molecule has 22 heavy (non-hydrogen) atoms. The SMILES string of the molecule is O=S([O-])C(F)(F)F.O=S([O-])C(F)(F)F.O=S([O-])C(F)(F)F.[Al+3]. The van der Waals surface area contributed by atoms with E-state index in [4.69, 9.17) is 26.3 Å². The summed E-state index contributed by atoms with van der Waals surface area (Å²) in [6.07, 6.45) is 0. The van der Waals surface area contributed by atoms with Gasteiger partial charge in [0.1, 0.15) is 0 Å². The maximum absolute atomic E-state index is 10.6. The Morgan fingerprint density at radius 2 is 0.545 bits per heavy atom. The molecule has 0 radical (unpaired) electrons. The molecule has 0 aromatic rings. The number of rotatable bonds is 0. The average molecular weight is 426 g/mol. The fourth-order valence-corrected chi connectivity index (χ4v) is 0. The van der Waals surface area contributed by atoms with Gasteiger partial charge in [-0.1, -0.05) is 0 Å². The van der Waals surface area contributed by atoms with Crippen LogP contribution in [0.15, 0.2) is 0 Å². The van der Waals surface area contributed by atoms with Crippen molar-refractivity contribution >= 4 is 50.6 Å². The summed E-state index contributed by atoms with van der Waals surface area (Å²) in [6.45, 7) is 0. The Morgan fingerprint density at radius 3 is 0.545 bits per heavy atom. The molecule has 0 N–H and O–H groups in total. The molecule has 0 saturated heterocycles. The molecule has 0 spiro atoms. The number of alkyl halides is 9. The molecule has 19 heteroatoms. The minimum absolute atomic E-state index is 0.